The van der Waals surface area contributed by atoms with Crippen molar-refractivity contribution < 1.29 is 38.7 Å². The summed E-state index contributed by atoms with van der Waals surface area (Å²) >= 11 is 0. The van der Waals surface area contributed by atoms with E-state index in [1.54, 1.807) is 0 Å². The summed E-state index contributed by atoms with van der Waals surface area (Å²) in [4.78, 5) is 0. The van der Waals surface area contributed by atoms with Crippen molar-refractivity contribution in [1.82, 2.24) is 0 Å². The van der Waals surface area contributed by atoms with Crippen LogP contribution in [0.1, 0.15) is 26.7 Å². The van der Waals surface area contributed by atoms with Gasteiger partial charge in [0, 0.05) is 0 Å². The Labute approximate surface area is 118 Å². The van der Waals surface area contributed by atoms with E-state index in [-0.39, 0.29) is 38.7 Å². The molecule has 0 bridgehead atoms. The van der Waals surface area contributed by atoms with E-state index in [4.69, 9.17) is 0 Å². The van der Waals surface area contributed by atoms with E-state index in [2.05, 4.69) is 44.6 Å². The second-order valence-corrected chi connectivity index (χ2v) is 3.77. The number of halogens is 1. The van der Waals surface area contributed by atoms with Gasteiger partial charge in [0.2, 0.25) is 0 Å². The van der Waals surface area contributed by atoms with Crippen LogP contribution in [0.4, 0.5) is 0 Å². The predicted molar refractivity (Wildman–Crippen MR) is 57.2 cm³/mol. The molecule has 0 aromatic rings. The summed E-state index contributed by atoms with van der Waals surface area (Å²) in [7, 11) is 0. The molecule has 2 aliphatic carbocycles. The monoisotopic (exact) mass is 298 g/mol. The minimum atomic E-state index is 0. The average Bonchev–Trinajstić information content (AvgIpc) is 2.65. The summed E-state index contributed by atoms with van der Waals surface area (Å²) in [6.07, 6.45) is 13.5. The molecule has 2 aliphatic rings. The van der Waals surface area contributed by atoms with Gasteiger partial charge in [-0.1, -0.05) is 26.0 Å². The van der Waals surface area contributed by atoms with Gasteiger partial charge in [-0.15, -0.1) is 34.4 Å². The quantitative estimate of drug-likeness (QED) is 0.521. The van der Waals surface area contributed by atoms with Crippen LogP contribution in [0.3, 0.4) is 0 Å². The third-order valence-electron chi connectivity index (χ3n) is 2.77. The normalized spacial score (nSPS) is 18.0. The molecule has 0 atom stereocenters. The van der Waals surface area contributed by atoms with Crippen LogP contribution in [0.15, 0.2) is 46.6 Å². The van der Waals surface area contributed by atoms with Gasteiger partial charge in [0.25, 0.3) is 0 Å². The molecular weight excluding hydrogens is 284 g/mol. The van der Waals surface area contributed by atoms with Crippen molar-refractivity contribution in [1.29, 1.82) is 0 Å². The standard InChI is InChI=1S/C13H15.BrH.Ti/c1-10-5-3-7-12(10)9-13-8-4-6-11(13)2;;/h3-6,9H,7-8H2,1-2H3;1H;/q-1;;+2/p-1. The molecule has 0 spiro atoms. The first-order chi connectivity index (χ1) is 6.27. The van der Waals surface area contributed by atoms with Crippen molar-refractivity contribution in [3.05, 3.63) is 53.0 Å². The van der Waals surface area contributed by atoms with Crippen LogP contribution in [-0.4, -0.2) is 0 Å². The van der Waals surface area contributed by atoms with Crippen molar-refractivity contribution in [2.75, 3.05) is 0 Å². The predicted octanol–water partition coefficient (Wildman–Crippen LogP) is 0.745. The van der Waals surface area contributed by atoms with E-state index >= 15 is 0 Å². The largest absolute Gasteiger partial charge is 2.00 e. The average molecular weight is 299 g/mol. The van der Waals surface area contributed by atoms with Gasteiger partial charge in [-0.25, -0.2) is 0 Å². The maximum Gasteiger partial charge on any atom is 2.00 e. The minimum absolute atomic E-state index is 0. The van der Waals surface area contributed by atoms with Gasteiger partial charge in [-0.05, 0) is 12.8 Å². The second-order valence-electron chi connectivity index (χ2n) is 3.77. The third kappa shape index (κ3) is 3.51. The van der Waals surface area contributed by atoms with Crippen molar-refractivity contribution in [3.63, 3.8) is 0 Å². The molecule has 2 rings (SSSR count). The van der Waals surface area contributed by atoms with Crippen LogP contribution in [0, 0.1) is 6.42 Å². The van der Waals surface area contributed by atoms with Crippen LogP contribution in [0.25, 0.3) is 0 Å². The Bertz CT molecular complexity index is 312. The van der Waals surface area contributed by atoms with Crippen molar-refractivity contribution in [2.24, 2.45) is 0 Å². The fourth-order valence-corrected chi connectivity index (χ4v) is 1.82. The number of rotatable bonds is 2. The maximum absolute atomic E-state index is 2.35. The molecule has 2 heteroatoms. The van der Waals surface area contributed by atoms with Gasteiger partial charge >= 0.3 is 21.7 Å². The molecule has 0 aromatic heterocycles. The molecule has 0 fully saturated rings. The van der Waals surface area contributed by atoms with Gasteiger partial charge < -0.3 is 17.0 Å². The summed E-state index contributed by atoms with van der Waals surface area (Å²) in [6, 6.07) is 0. The summed E-state index contributed by atoms with van der Waals surface area (Å²) in [5, 5.41) is 0. The number of hydrogen-bond donors (Lipinski definition) is 0. The van der Waals surface area contributed by atoms with Gasteiger partial charge in [0.15, 0.2) is 0 Å². The Balaban J connectivity index is 0.000000980. The molecule has 0 aromatic carbocycles. The van der Waals surface area contributed by atoms with Crippen LogP contribution < -0.4 is 17.0 Å². The van der Waals surface area contributed by atoms with Crippen molar-refractivity contribution >= 4 is 0 Å². The van der Waals surface area contributed by atoms with Gasteiger partial charge in [0.05, 0.1) is 0 Å². The number of allylic oxidation sites excluding steroid dienone is 8. The molecule has 0 saturated heterocycles. The first-order valence-electron chi connectivity index (χ1n) is 4.84. The Kier molecular flexibility index (Phi) is 6.58. The molecule has 0 heterocycles. The third-order valence-corrected chi connectivity index (χ3v) is 2.77. The fraction of sp³-hybridized carbons (Fsp3) is 0.308. The van der Waals surface area contributed by atoms with E-state index < -0.39 is 0 Å². The van der Waals surface area contributed by atoms with Crippen LogP contribution in [0.2, 0.25) is 0 Å². The Morgan fingerprint density at radius 1 is 0.933 bits per heavy atom. The zero-order chi connectivity index (χ0) is 9.26. The molecule has 0 amide bonds. The molecule has 15 heavy (non-hydrogen) atoms. The topological polar surface area (TPSA) is 0 Å². The molecular formula is C13H15BrTi. The summed E-state index contributed by atoms with van der Waals surface area (Å²) in [5.41, 5.74) is 5.82. The summed E-state index contributed by atoms with van der Waals surface area (Å²) < 4.78 is 0. The van der Waals surface area contributed by atoms with Crippen molar-refractivity contribution in [3.8, 4) is 0 Å². The smallest absolute Gasteiger partial charge is 1.00 e. The van der Waals surface area contributed by atoms with Gasteiger partial charge in [-0.2, -0.15) is 6.42 Å². The Hall–Kier alpha value is 0.0243. The van der Waals surface area contributed by atoms with Crippen LogP contribution in [0.5, 0.6) is 0 Å². The molecule has 0 aliphatic heterocycles. The van der Waals surface area contributed by atoms with E-state index in [0.29, 0.717) is 0 Å². The van der Waals surface area contributed by atoms with E-state index in [1.807, 2.05) is 0 Å². The fourth-order valence-electron chi connectivity index (χ4n) is 1.82. The Morgan fingerprint density at radius 3 is 1.60 bits per heavy atom. The Morgan fingerprint density at radius 2 is 1.33 bits per heavy atom. The summed E-state index contributed by atoms with van der Waals surface area (Å²) in [6.45, 7) is 4.38. The summed E-state index contributed by atoms with van der Waals surface area (Å²) in [5.74, 6) is 0. The van der Waals surface area contributed by atoms with E-state index in [1.165, 1.54) is 22.3 Å². The first-order valence-corrected chi connectivity index (χ1v) is 4.84. The van der Waals surface area contributed by atoms with Gasteiger partial charge in [0.1, 0.15) is 0 Å². The molecule has 0 N–H and O–H groups in total. The molecule has 0 nitrogen and oxygen atoms in total. The molecule has 0 unspecified atom stereocenters. The zero-order valence-corrected chi connectivity index (χ0v) is 12.3. The SMILES string of the molecule is CC1=C([CH-]C2=C(C)C=CC2)CC=C1.[Br-].[Ti+2]. The van der Waals surface area contributed by atoms with Crippen molar-refractivity contribution in [2.45, 2.75) is 26.7 Å². The second kappa shape index (κ2) is 6.57. The molecule has 0 radical (unpaired) electrons. The van der Waals surface area contributed by atoms with E-state index in [9.17, 15) is 0 Å². The van der Waals surface area contributed by atoms with Crippen LogP contribution in [-0.2, 0) is 21.7 Å². The molecule has 78 valence electrons. The zero-order valence-electron chi connectivity index (χ0n) is 9.18. The molecule has 0 saturated carbocycles. The first kappa shape index (κ1) is 15.0. The minimum Gasteiger partial charge on any atom is -1.00 e. The van der Waals surface area contributed by atoms with Gasteiger partial charge in [-0.3, -0.25) is 0 Å². The van der Waals surface area contributed by atoms with Crippen LogP contribution >= 0.6 is 0 Å². The maximum atomic E-state index is 2.35. The number of hydrogen-bond acceptors (Lipinski definition) is 0. The van der Waals surface area contributed by atoms with E-state index in [0.717, 1.165) is 12.8 Å².